The maximum atomic E-state index is 11.9. The van der Waals surface area contributed by atoms with E-state index in [4.69, 9.17) is 4.74 Å². The highest BCUT2D eigenvalue weighted by Gasteiger charge is 2.21. The predicted octanol–water partition coefficient (Wildman–Crippen LogP) is -0.351. The first-order valence-corrected chi connectivity index (χ1v) is 8.05. The van der Waals surface area contributed by atoms with E-state index in [0.29, 0.717) is 28.2 Å². The molecule has 9 nitrogen and oxygen atoms in total. The Morgan fingerprint density at radius 3 is 2.78 bits per heavy atom. The van der Waals surface area contributed by atoms with Crippen molar-refractivity contribution in [2.45, 2.75) is 4.90 Å². The van der Waals surface area contributed by atoms with Crippen molar-refractivity contribution >= 4 is 21.1 Å². The molecule has 0 aliphatic rings. The molecule has 0 fully saturated rings. The van der Waals surface area contributed by atoms with Gasteiger partial charge in [0.25, 0.3) is 5.82 Å². The van der Waals surface area contributed by atoms with Crippen LogP contribution in [0.15, 0.2) is 34.1 Å². The van der Waals surface area contributed by atoms with Crippen LogP contribution in [0.2, 0.25) is 0 Å². The second-order valence-electron chi connectivity index (χ2n) is 4.68. The first-order valence-electron chi connectivity index (χ1n) is 6.57. The minimum Gasteiger partial charge on any atom is -0.496 e. The normalized spacial score (nSPS) is 11.7. The van der Waals surface area contributed by atoms with Crippen molar-refractivity contribution in [2.75, 3.05) is 14.2 Å². The number of imidazole rings is 1. The Morgan fingerprint density at radius 1 is 1.35 bits per heavy atom. The Hall–Kier alpha value is -2.72. The second-order valence-corrected chi connectivity index (χ2v) is 6.57. The van der Waals surface area contributed by atoms with E-state index >= 15 is 0 Å². The van der Waals surface area contributed by atoms with Gasteiger partial charge in [0, 0.05) is 6.07 Å². The van der Waals surface area contributed by atoms with Crippen LogP contribution in [0, 0.1) is 0 Å². The zero-order valence-electron chi connectivity index (χ0n) is 12.3. The number of sulfonamides is 1. The van der Waals surface area contributed by atoms with Crippen LogP contribution in [0.3, 0.4) is 0 Å². The molecule has 3 aromatic rings. The monoisotopic (exact) mass is 336 g/mol. The molecule has 0 radical (unpaired) electrons. The van der Waals surface area contributed by atoms with Crippen LogP contribution < -0.4 is 20.0 Å². The first-order chi connectivity index (χ1) is 11.0. The standard InChI is InChI=1S/C13H13N5O4S/c1-14-23(20,21)7-3-4-8(10(5-7)22-2)12-16-9-6-15-18-13(19)11(9)17-12/h3-6,14H,1-2H3,(H,16,17)(H,18,19)/p+1. The number of aromatic nitrogens is 4. The summed E-state index contributed by atoms with van der Waals surface area (Å²) >= 11 is 0. The van der Waals surface area contributed by atoms with Gasteiger partial charge in [-0.25, -0.2) is 28.2 Å². The number of hydrogen-bond donors (Lipinski definition) is 3. The number of methoxy groups -OCH3 is 1. The molecule has 0 unspecified atom stereocenters. The highest BCUT2D eigenvalue weighted by atomic mass is 32.2. The fourth-order valence-electron chi connectivity index (χ4n) is 2.21. The molecule has 0 amide bonds. The zero-order valence-corrected chi connectivity index (χ0v) is 13.1. The van der Waals surface area contributed by atoms with Gasteiger partial charge in [0.2, 0.25) is 15.5 Å². The molecule has 0 spiro atoms. The van der Waals surface area contributed by atoms with Crippen LogP contribution in [0.4, 0.5) is 0 Å². The smallest absolute Gasteiger partial charge is 0.315 e. The number of ether oxygens (including phenoxy) is 1. The van der Waals surface area contributed by atoms with Crippen LogP contribution in [0.25, 0.3) is 22.4 Å². The minimum absolute atomic E-state index is 0.0798. The fraction of sp³-hybridized carbons (Fsp3) is 0.154. The molecule has 3 rings (SSSR count). The Labute approximate surface area is 130 Å². The number of nitrogens with one attached hydrogen (secondary N) is 4. The second kappa shape index (κ2) is 5.48. The lowest BCUT2D eigenvalue weighted by Gasteiger charge is -2.07. The fourth-order valence-corrected chi connectivity index (χ4v) is 2.95. The average molecular weight is 336 g/mol. The van der Waals surface area contributed by atoms with Gasteiger partial charge in [-0.15, -0.1) is 0 Å². The summed E-state index contributed by atoms with van der Waals surface area (Å²) in [6.07, 6.45) is 1.48. The molecule has 0 aliphatic heterocycles. The van der Waals surface area contributed by atoms with Crippen LogP contribution in [-0.2, 0) is 10.0 Å². The van der Waals surface area contributed by atoms with Gasteiger partial charge in [-0.3, -0.25) is 4.79 Å². The number of hydrogen-bond acceptors (Lipinski definition) is 5. The molecule has 0 atom stereocenters. The summed E-state index contributed by atoms with van der Waals surface area (Å²) in [5.41, 5.74) is 1.08. The third-order valence-corrected chi connectivity index (χ3v) is 4.80. The number of fused-ring (bicyclic) bond motifs is 1. The molecule has 0 saturated heterocycles. The van der Waals surface area contributed by atoms with Crippen molar-refractivity contribution in [3.63, 3.8) is 0 Å². The Balaban J connectivity index is 2.19. The van der Waals surface area contributed by atoms with Gasteiger partial charge in [0.1, 0.15) is 11.3 Å². The van der Waals surface area contributed by atoms with Crippen molar-refractivity contribution in [1.29, 1.82) is 0 Å². The van der Waals surface area contributed by atoms with Crippen molar-refractivity contribution in [1.82, 2.24) is 19.9 Å². The predicted molar refractivity (Wildman–Crippen MR) is 81.5 cm³/mol. The summed E-state index contributed by atoms with van der Waals surface area (Å²) in [5.74, 6) is 0.845. The van der Waals surface area contributed by atoms with Crippen molar-refractivity contribution < 1.29 is 18.1 Å². The van der Waals surface area contributed by atoms with Crippen molar-refractivity contribution in [2.24, 2.45) is 0 Å². The highest BCUT2D eigenvalue weighted by Crippen LogP contribution is 2.29. The van der Waals surface area contributed by atoms with Gasteiger partial charge in [0.05, 0.1) is 18.2 Å². The molecule has 2 aromatic heterocycles. The SMILES string of the molecule is CNS(=O)(=O)c1ccc(-c2[nH]c3cn[nH]c(=O)c3[nH+]2)c(OC)c1. The van der Waals surface area contributed by atoms with E-state index in [2.05, 4.69) is 24.9 Å². The first kappa shape index (κ1) is 15.2. The van der Waals surface area contributed by atoms with Crippen molar-refractivity contribution in [3.8, 4) is 17.1 Å². The molecular weight excluding hydrogens is 322 g/mol. The van der Waals surface area contributed by atoms with Crippen LogP contribution >= 0.6 is 0 Å². The lowest BCUT2D eigenvalue weighted by molar-refractivity contribution is -0.331. The lowest BCUT2D eigenvalue weighted by Crippen LogP contribution is -2.19. The van der Waals surface area contributed by atoms with E-state index in [1.165, 1.54) is 32.5 Å². The van der Waals surface area contributed by atoms with Crippen molar-refractivity contribution in [3.05, 3.63) is 34.7 Å². The minimum atomic E-state index is -3.58. The van der Waals surface area contributed by atoms with Gasteiger partial charge in [-0.05, 0) is 19.2 Å². The van der Waals surface area contributed by atoms with E-state index in [-0.39, 0.29) is 10.5 Å². The Morgan fingerprint density at radius 2 is 2.13 bits per heavy atom. The molecule has 0 saturated carbocycles. The molecule has 0 bridgehead atoms. The summed E-state index contributed by atoms with van der Waals surface area (Å²) in [5, 5.41) is 6.04. The highest BCUT2D eigenvalue weighted by molar-refractivity contribution is 7.89. The summed E-state index contributed by atoms with van der Waals surface area (Å²) in [6.45, 7) is 0. The molecule has 0 aliphatic carbocycles. The maximum Gasteiger partial charge on any atom is 0.315 e. The zero-order chi connectivity index (χ0) is 16.6. The van der Waals surface area contributed by atoms with Gasteiger partial charge in [-0.2, -0.15) is 5.10 Å². The quantitative estimate of drug-likeness (QED) is 0.599. The van der Waals surface area contributed by atoms with E-state index in [0.717, 1.165) is 0 Å². The van der Waals surface area contributed by atoms with Gasteiger partial charge >= 0.3 is 5.56 Å². The number of aromatic amines is 3. The van der Waals surface area contributed by atoms with E-state index < -0.39 is 10.0 Å². The number of benzene rings is 1. The number of H-pyrrole nitrogens is 3. The molecule has 10 heteroatoms. The van der Waals surface area contributed by atoms with E-state index in [9.17, 15) is 13.2 Å². The molecule has 1 aromatic carbocycles. The summed E-state index contributed by atoms with van der Waals surface area (Å²) in [4.78, 5) is 17.8. The van der Waals surface area contributed by atoms with Crippen LogP contribution in [0.1, 0.15) is 0 Å². The van der Waals surface area contributed by atoms with Crippen LogP contribution in [-0.4, -0.2) is 37.8 Å². The van der Waals surface area contributed by atoms with E-state index in [1.807, 2.05) is 0 Å². The molecule has 4 N–H and O–H groups in total. The maximum absolute atomic E-state index is 11.9. The molecular formula is C13H14N5O4S+. The van der Waals surface area contributed by atoms with Gasteiger partial charge in [-0.1, -0.05) is 0 Å². The molecule has 23 heavy (non-hydrogen) atoms. The number of rotatable bonds is 4. The average Bonchev–Trinajstić information content (AvgIpc) is 2.99. The summed E-state index contributed by atoms with van der Waals surface area (Å²) in [7, 11) is -0.807. The topological polar surface area (TPSA) is 131 Å². The Bertz CT molecular complexity index is 1040. The van der Waals surface area contributed by atoms with E-state index in [1.54, 1.807) is 6.07 Å². The summed E-state index contributed by atoms with van der Waals surface area (Å²) in [6, 6.07) is 4.44. The van der Waals surface area contributed by atoms with Crippen LogP contribution in [0.5, 0.6) is 5.75 Å². The third kappa shape index (κ3) is 2.58. The Kier molecular flexibility index (Phi) is 3.62. The summed E-state index contributed by atoms with van der Waals surface area (Å²) < 4.78 is 31.2. The molecule has 120 valence electrons. The lowest BCUT2D eigenvalue weighted by atomic mass is 10.2. The molecule has 2 heterocycles. The van der Waals surface area contributed by atoms with Gasteiger partial charge < -0.3 is 4.74 Å². The number of nitrogens with zero attached hydrogens (tertiary/aromatic N) is 1. The largest absolute Gasteiger partial charge is 0.496 e. The third-order valence-electron chi connectivity index (χ3n) is 3.39. The van der Waals surface area contributed by atoms with Gasteiger partial charge in [0.15, 0.2) is 5.52 Å².